The fourth-order valence-electron chi connectivity index (χ4n) is 13.4. The molecule has 2 N–H and O–H groups in total. The molecule has 1 amide bonds. The summed E-state index contributed by atoms with van der Waals surface area (Å²) >= 11 is 0. The van der Waals surface area contributed by atoms with Crippen molar-refractivity contribution in [2.75, 3.05) is 25.0 Å². The van der Waals surface area contributed by atoms with Crippen LogP contribution < -0.4 is 4.90 Å². The summed E-state index contributed by atoms with van der Waals surface area (Å²) in [5.41, 5.74) is 9.26. The molecular formula is C64H93N7O4. The van der Waals surface area contributed by atoms with E-state index in [1.54, 1.807) is 6.92 Å². The second kappa shape index (κ2) is 22.4. The molecule has 2 unspecified atom stereocenters. The van der Waals surface area contributed by atoms with E-state index in [0.717, 1.165) is 98.2 Å². The zero-order valence-corrected chi connectivity index (χ0v) is 48.7. The lowest BCUT2D eigenvalue weighted by Gasteiger charge is -2.43. The number of carbonyl (C=O) groups is 4. The van der Waals surface area contributed by atoms with Crippen molar-refractivity contribution < 1.29 is 19.2 Å². The molecule has 5 fully saturated rings. The number of likely N-dealkylation sites (tertiary alicyclic amines) is 2. The number of imidazole rings is 2. The number of fused-ring (bicyclic) bond motifs is 2. The first-order valence-electron chi connectivity index (χ1n) is 28.6. The van der Waals surface area contributed by atoms with Crippen LogP contribution in [0.1, 0.15) is 226 Å². The Morgan fingerprint density at radius 1 is 0.640 bits per heavy atom. The second-order valence-corrected chi connectivity index (χ2v) is 25.7. The van der Waals surface area contributed by atoms with Crippen molar-refractivity contribution in [2.45, 2.75) is 204 Å². The quantitative estimate of drug-likeness (QED) is 0.149. The first-order chi connectivity index (χ1) is 35.4. The van der Waals surface area contributed by atoms with E-state index in [0.29, 0.717) is 42.4 Å². The van der Waals surface area contributed by atoms with Gasteiger partial charge in [0, 0.05) is 30.5 Å². The lowest BCUT2D eigenvalue weighted by atomic mass is 9.63. The third-order valence-electron chi connectivity index (χ3n) is 20.3. The average Bonchev–Trinajstić information content (AvgIpc) is 4.28. The van der Waals surface area contributed by atoms with E-state index < -0.39 is 0 Å². The minimum atomic E-state index is -0.349. The van der Waals surface area contributed by atoms with Crippen molar-refractivity contribution >= 4 is 52.0 Å². The van der Waals surface area contributed by atoms with Crippen molar-refractivity contribution in [3.05, 3.63) is 89.0 Å². The van der Waals surface area contributed by atoms with Gasteiger partial charge in [0.2, 0.25) is 5.91 Å². The van der Waals surface area contributed by atoms with Gasteiger partial charge in [0.05, 0.1) is 51.6 Å². The largest absolute Gasteiger partial charge is 0.357 e. The Hall–Kier alpha value is -5.16. The predicted octanol–water partition coefficient (Wildman–Crippen LogP) is 14.9. The average molecular weight is 1020 g/mol. The maximum absolute atomic E-state index is 14.4. The molecule has 0 bridgehead atoms. The van der Waals surface area contributed by atoms with E-state index in [1.165, 1.54) is 35.2 Å². The van der Waals surface area contributed by atoms with E-state index in [1.807, 2.05) is 20.6 Å². The number of aromatic nitrogens is 4. The van der Waals surface area contributed by atoms with Crippen LogP contribution in [0.2, 0.25) is 0 Å². The molecule has 11 nitrogen and oxygen atoms in total. The van der Waals surface area contributed by atoms with E-state index in [2.05, 4.69) is 169 Å². The monoisotopic (exact) mass is 1020 g/mol. The van der Waals surface area contributed by atoms with Gasteiger partial charge in [0.1, 0.15) is 30.0 Å². The number of anilines is 1. The number of aromatic amines is 2. The van der Waals surface area contributed by atoms with E-state index in [-0.39, 0.29) is 51.0 Å². The highest BCUT2D eigenvalue weighted by atomic mass is 16.2. The van der Waals surface area contributed by atoms with E-state index in [9.17, 15) is 14.4 Å². The molecule has 11 heteroatoms. The van der Waals surface area contributed by atoms with Crippen LogP contribution >= 0.6 is 0 Å². The standard InChI is InChI=1S/C47H61N7O.C12H22O.C4H8O.CH2O/c1-29-23-24-47(7,46(29,5)6)44(55)53-26-10-12-41(53)43-49-35-20-14-31(28-37(35)51-43)39-22-21-38(54(39)33-17-15-32(16-18-33)45(2,3)4)30-13-19-34-36(27-30)50-42(48-34)40-11-9-25-52(40)8;1-6-10(13)12(5)8-7-9(2)11(12,3)4;1-3-4(2)5;1-2/h13-20,27-29,38-41H,9-12,21-26H2,1-8H3,(H,48,50)(H,49,51);9H,6-8H2,1-5H3;3H2,1-2H3;1H2/t29?,38?,39-,40+,41+,47-;9-,12-;;/m10../s1. The number of benzene rings is 3. The van der Waals surface area contributed by atoms with Gasteiger partial charge in [0.25, 0.3) is 0 Å². The van der Waals surface area contributed by atoms with Gasteiger partial charge in [-0.3, -0.25) is 14.5 Å². The zero-order chi connectivity index (χ0) is 55.0. The molecule has 2 aromatic heterocycles. The van der Waals surface area contributed by atoms with Crippen LogP contribution in [-0.2, 0) is 24.6 Å². The van der Waals surface area contributed by atoms with Crippen molar-refractivity contribution in [3.63, 3.8) is 0 Å². The number of nitrogens with zero attached hydrogens (tertiary/aromatic N) is 5. The SMILES string of the molecule is C=O.CC1CC[C@](C)(C(=O)N2CCC[C@H]2c2nc3ccc([C@H]4CCC(c5ccc6nc([C@@H]7CCCN7C)[nH]c6c5)N4c4ccc(C(C)(C)C)cc4)cc3[nH]2)C1(C)C.CCC(=O)[C@]1(C)CC[C@H](C)C1(C)C.CCC(C)=O. The van der Waals surface area contributed by atoms with Crippen LogP contribution in [0.25, 0.3) is 22.1 Å². The Morgan fingerprint density at radius 2 is 1.11 bits per heavy atom. The summed E-state index contributed by atoms with van der Waals surface area (Å²) in [6.07, 6.45) is 12.2. The second-order valence-electron chi connectivity index (χ2n) is 25.7. The summed E-state index contributed by atoms with van der Waals surface area (Å²) in [5.74, 6) is 4.24. The van der Waals surface area contributed by atoms with Gasteiger partial charge in [-0.05, 0) is 166 Å². The van der Waals surface area contributed by atoms with Crippen molar-refractivity contribution in [2.24, 2.45) is 33.5 Å². The van der Waals surface area contributed by atoms with Crippen LogP contribution in [0.15, 0.2) is 60.7 Å². The molecule has 408 valence electrons. The Balaban J connectivity index is 0.000000347. The summed E-state index contributed by atoms with van der Waals surface area (Å²) in [5, 5.41) is 0. The number of amides is 1. The van der Waals surface area contributed by atoms with Crippen LogP contribution in [0.3, 0.4) is 0 Å². The molecule has 3 saturated heterocycles. The first kappa shape index (κ1) is 57.5. The van der Waals surface area contributed by atoms with Crippen LogP contribution in [-0.4, -0.2) is 74.1 Å². The summed E-state index contributed by atoms with van der Waals surface area (Å²) in [7, 11) is 2.21. The van der Waals surface area contributed by atoms with Gasteiger partial charge < -0.3 is 29.4 Å². The van der Waals surface area contributed by atoms with Crippen LogP contribution in [0.5, 0.6) is 0 Å². The highest BCUT2D eigenvalue weighted by Gasteiger charge is 2.57. The fourth-order valence-corrected chi connectivity index (χ4v) is 13.4. The van der Waals surface area contributed by atoms with Crippen molar-refractivity contribution in [1.29, 1.82) is 0 Å². The summed E-state index contributed by atoms with van der Waals surface area (Å²) in [4.78, 5) is 69.0. The zero-order valence-electron chi connectivity index (χ0n) is 48.7. The van der Waals surface area contributed by atoms with Gasteiger partial charge in [-0.15, -0.1) is 0 Å². The molecule has 2 aliphatic carbocycles. The molecule has 3 aliphatic heterocycles. The molecule has 3 aromatic carbocycles. The van der Waals surface area contributed by atoms with Gasteiger partial charge in [-0.25, -0.2) is 9.97 Å². The molecule has 0 radical (unpaired) electrons. The summed E-state index contributed by atoms with van der Waals surface area (Å²) in [6.45, 7) is 34.2. The van der Waals surface area contributed by atoms with Gasteiger partial charge >= 0.3 is 0 Å². The van der Waals surface area contributed by atoms with Crippen LogP contribution in [0.4, 0.5) is 5.69 Å². The normalized spacial score (nSPS) is 28.1. The third-order valence-corrected chi connectivity index (χ3v) is 20.3. The highest BCUT2D eigenvalue weighted by Crippen LogP contribution is 2.58. The lowest BCUT2D eigenvalue weighted by Crippen LogP contribution is -2.48. The highest BCUT2D eigenvalue weighted by molar-refractivity contribution is 5.86. The maximum atomic E-state index is 14.4. The van der Waals surface area contributed by atoms with E-state index in [4.69, 9.17) is 14.8 Å². The molecule has 75 heavy (non-hydrogen) atoms. The van der Waals surface area contributed by atoms with Crippen molar-refractivity contribution in [1.82, 2.24) is 29.7 Å². The molecule has 10 rings (SSSR count). The summed E-state index contributed by atoms with van der Waals surface area (Å²) in [6, 6.07) is 23.8. The number of rotatable bonds is 9. The summed E-state index contributed by atoms with van der Waals surface area (Å²) < 4.78 is 0. The van der Waals surface area contributed by atoms with Crippen LogP contribution in [0, 0.1) is 33.5 Å². The van der Waals surface area contributed by atoms with Gasteiger partial charge in [-0.1, -0.05) is 114 Å². The molecule has 8 atom stereocenters. The lowest BCUT2D eigenvalue weighted by molar-refractivity contribution is -0.148. The number of nitrogens with one attached hydrogen (secondary N) is 2. The van der Waals surface area contributed by atoms with Gasteiger partial charge in [-0.2, -0.15) is 0 Å². The number of carbonyl (C=O) groups excluding carboxylic acids is 4. The number of hydrogen-bond acceptors (Lipinski definition) is 8. The fraction of sp³-hybridized carbons (Fsp3) is 0.625. The minimum absolute atomic E-state index is 0.00689. The first-order valence-corrected chi connectivity index (χ1v) is 28.6. The Labute approximate surface area is 450 Å². The topological polar surface area (TPSA) is 135 Å². The number of hydrogen-bond donors (Lipinski definition) is 2. The predicted molar refractivity (Wildman–Crippen MR) is 307 cm³/mol. The number of Topliss-reactive ketones (excluding diaryl/α,β-unsaturated/α-hetero) is 2. The smallest absolute Gasteiger partial charge is 0.229 e. The number of ketones is 2. The Kier molecular flexibility index (Phi) is 17.2. The third kappa shape index (κ3) is 10.9. The van der Waals surface area contributed by atoms with Gasteiger partial charge in [0.15, 0.2) is 0 Å². The Bertz CT molecular complexity index is 2800. The molecule has 5 aliphatic rings. The minimum Gasteiger partial charge on any atom is -0.357 e. The molecule has 5 heterocycles. The molecular weight excluding hydrogens is 931 g/mol. The maximum Gasteiger partial charge on any atom is 0.229 e. The number of H-pyrrole nitrogens is 2. The molecule has 5 aromatic rings. The van der Waals surface area contributed by atoms with E-state index >= 15 is 0 Å². The Morgan fingerprint density at radius 3 is 1.53 bits per heavy atom. The van der Waals surface area contributed by atoms with Crippen molar-refractivity contribution in [3.8, 4) is 0 Å². The molecule has 2 saturated carbocycles. The molecule has 0 spiro atoms.